The number of nitrogen functional groups attached to an aromatic ring is 1. The fraction of sp³-hybridized carbons (Fsp3) is 0. The Morgan fingerprint density at radius 2 is 2.06 bits per heavy atom. The van der Waals surface area contributed by atoms with E-state index in [4.69, 9.17) is 17.3 Å². The lowest BCUT2D eigenvalue weighted by Crippen LogP contribution is -1.89. The van der Waals surface area contributed by atoms with Crippen molar-refractivity contribution >= 4 is 45.0 Å². The van der Waals surface area contributed by atoms with Crippen molar-refractivity contribution in [3.8, 4) is 0 Å². The molecular formula is C11H8BrClN2S. The van der Waals surface area contributed by atoms with E-state index in [0.29, 0.717) is 10.7 Å². The minimum absolute atomic E-state index is 0.675. The summed E-state index contributed by atoms with van der Waals surface area (Å²) in [6, 6.07) is 7.56. The number of anilines is 1. The van der Waals surface area contributed by atoms with E-state index in [1.807, 2.05) is 24.3 Å². The molecule has 0 radical (unpaired) electrons. The number of benzene rings is 1. The zero-order valence-corrected chi connectivity index (χ0v) is 11.3. The van der Waals surface area contributed by atoms with Gasteiger partial charge in [-0.3, -0.25) is 4.98 Å². The average Bonchev–Trinajstić information content (AvgIpc) is 2.25. The maximum absolute atomic E-state index is 5.88. The summed E-state index contributed by atoms with van der Waals surface area (Å²) in [6.07, 6.45) is 3.37. The first-order chi connectivity index (χ1) is 7.66. The molecule has 0 fully saturated rings. The summed E-state index contributed by atoms with van der Waals surface area (Å²) in [6.45, 7) is 0. The molecule has 0 aliphatic rings. The van der Waals surface area contributed by atoms with E-state index in [1.165, 1.54) is 0 Å². The van der Waals surface area contributed by atoms with Gasteiger partial charge < -0.3 is 5.73 Å². The minimum Gasteiger partial charge on any atom is -0.397 e. The molecule has 0 aliphatic carbocycles. The molecule has 1 aromatic heterocycles. The van der Waals surface area contributed by atoms with E-state index in [2.05, 4.69) is 20.9 Å². The summed E-state index contributed by atoms with van der Waals surface area (Å²) in [4.78, 5) is 6.01. The highest BCUT2D eigenvalue weighted by Crippen LogP contribution is 2.36. The van der Waals surface area contributed by atoms with E-state index in [9.17, 15) is 0 Å². The second kappa shape index (κ2) is 5.08. The lowest BCUT2D eigenvalue weighted by atomic mass is 10.4. The quantitative estimate of drug-likeness (QED) is 0.901. The van der Waals surface area contributed by atoms with Crippen LogP contribution in [0.2, 0.25) is 5.02 Å². The molecular weight excluding hydrogens is 308 g/mol. The highest BCUT2D eigenvalue weighted by molar-refractivity contribution is 9.10. The van der Waals surface area contributed by atoms with Gasteiger partial charge in [-0.1, -0.05) is 23.4 Å². The number of hydrogen-bond acceptors (Lipinski definition) is 3. The predicted octanol–water partition coefficient (Wildman–Crippen LogP) is 4.23. The van der Waals surface area contributed by atoms with Gasteiger partial charge in [0.2, 0.25) is 0 Å². The third kappa shape index (κ3) is 2.70. The molecule has 0 aliphatic heterocycles. The van der Waals surface area contributed by atoms with Crippen LogP contribution in [0.1, 0.15) is 0 Å². The van der Waals surface area contributed by atoms with E-state index in [-0.39, 0.29) is 0 Å². The number of rotatable bonds is 2. The molecule has 2 aromatic rings. The highest BCUT2D eigenvalue weighted by atomic mass is 79.9. The van der Waals surface area contributed by atoms with Crippen molar-refractivity contribution in [3.05, 3.63) is 46.2 Å². The molecule has 16 heavy (non-hydrogen) atoms. The second-order valence-corrected chi connectivity index (χ2v) is 5.46. The second-order valence-electron chi connectivity index (χ2n) is 3.09. The van der Waals surface area contributed by atoms with Crippen LogP contribution in [0.5, 0.6) is 0 Å². The largest absolute Gasteiger partial charge is 0.397 e. The van der Waals surface area contributed by atoms with Crippen molar-refractivity contribution < 1.29 is 0 Å². The molecule has 0 spiro atoms. The third-order valence-corrected chi connectivity index (χ3v) is 4.25. The standard InChI is InChI=1S/C11H8BrClN2S/c12-8-5-7(13)1-2-10(8)16-11-3-4-15-6-9(11)14/h1-6H,14H2. The van der Waals surface area contributed by atoms with Gasteiger partial charge in [0.15, 0.2) is 0 Å². The fourth-order valence-electron chi connectivity index (χ4n) is 1.16. The lowest BCUT2D eigenvalue weighted by molar-refractivity contribution is 1.26. The Labute approximate surface area is 111 Å². The zero-order chi connectivity index (χ0) is 11.5. The first-order valence-electron chi connectivity index (χ1n) is 4.49. The molecule has 2 rings (SSSR count). The summed E-state index contributed by atoms with van der Waals surface area (Å²) in [5.41, 5.74) is 6.50. The van der Waals surface area contributed by atoms with Crippen LogP contribution in [-0.2, 0) is 0 Å². The maximum Gasteiger partial charge on any atom is 0.0642 e. The molecule has 0 atom stereocenters. The number of halogens is 2. The van der Waals surface area contributed by atoms with E-state index < -0.39 is 0 Å². The zero-order valence-electron chi connectivity index (χ0n) is 8.15. The average molecular weight is 316 g/mol. The Kier molecular flexibility index (Phi) is 3.74. The van der Waals surface area contributed by atoms with Crippen LogP contribution in [0.3, 0.4) is 0 Å². The third-order valence-electron chi connectivity index (χ3n) is 1.92. The van der Waals surface area contributed by atoms with E-state index >= 15 is 0 Å². The Morgan fingerprint density at radius 1 is 1.25 bits per heavy atom. The van der Waals surface area contributed by atoms with Gasteiger partial charge >= 0.3 is 0 Å². The van der Waals surface area contributed by atoms with Crippen LogP contribution in [0.25, 0.3) is 0 Å². The molecule has 1 heterocycles. The molecule has 0 amide bonds. The van der Waals surface area contributed by atoms with Gasteiger partial charge in [0.25, 0.3) is 0 Å². The van der Waals surface area contributed by atoms with Gasteiger partial charge in [0, 0.05) is 25.5 Å². The molecule has 82 valence electrons. The van der Waals surface area contributed by atoms with Crippen molar-refractivity contribution in [1.82, 2.24) is 4.98 Å². The highest BCUT2D eigenvalue weighted by Gasteiger charge is 2.05. The monoisotopic (exact) mass is 314 g/mol. The number of nitrogens with zero attached hydrogens (tertiary/aromatic N) is 1. The number of nitrogens with two attached hydrogens (primary N) is 1. The summed E-state index contributed by atoms with van der Waals surface area (Å²) < 4.78 is 0.959. The number of pyridine rings is 1. The van der Waals surface area contributed by atoms with Crippen LogP contribution in [0, 0.1) is 0 Å². The van der Waals surface area contributed by atoms with Crippen molar-refractivity contribution in [2.24, 2.45) is 0 Å². The normalized spacial score (nSPS) is 10.4. The summed E-state index contributed by atoms with van der Waals surface area (Å²) >= 11 is 10.9. The molecule has 2 N–H and O–H groups in total. The fourth-order valence-corrected chi connectivity index (χ4v) is 2.92. The molecule has 1 aromatic carbocycles. The van der Waals surface area contributed by atoms with E-state index in [1.54, 1.807) is 24.2 Å². The topological polar surface area (TPSA) is 38.9 Å². The summed E-state index contributed by atoms with van der Waals surface area (Å²) in [5.74, 6) is 0. The summed E-state index contributed by atoms with van der Waals surface area (Å²) in [7, 11) is 0. The predicted molar refractivity (Wildman–Crippen MR) is 71.9 cm³/mol. The smallest absolute Gasteiger partial charge is 0.0642 e. The van der Waals surface area contributed by atoms with Gasteiger partial charge in [-0.05, 0) is 40.2 Å². The van der Waals surface area contributed by atoms with Crippen molar-refractivity contribution in [2.75, 3.05) is 5.73 Å². The Balaban J connectivity index is 2.31. The van der Waals surface area contributed by atoms with Gasteiger partial charge in [-0.2, -0.15) is 0 Å². The van der Waals surface area contributed by atoms with Crippen molar-refractivity contribution in [2.45, 2.75) is 9.79 Å². The van der Waals surface area contributed by atoms with Crippen LogP contribution in [0.15, 0.2) is 50.9 Å². The van der Waals surface area contributed by atoms with Crippen molar-refractivity contribution in [3.63, 3.8) is 0 Å². The molecule has 0 saturated heterocycles. The van der Waals surface area contributed by atoms with Crippen LogP contribution in [-0.4, -0.2) is 4.98 Å². The molecule has 2 nitrogen and oxygen atoms in total. The molecule has 0 bridgehead atoms. The van der Waals surface area contributed by atoms with Gasteiger partial charge in [0.05, 0.1) is 11.9 Å². The Hall–Kier alpha value is -0.710. The summed E-state index contributed by atoms with van der Waals surface area (Å²) in [5, 5.41) is 0.707. The lowest BCUT2D eigenvalue weighted by Gasteiger charge is -2.06. The van der Waals surface area contributed by atoms with Crippen LogP contribution in [0.4, 0.5) is 5.69 Å². The number of hydrogen-bond donors (Lipinski definition) is 1. The van der Waals surface area contributed by atoms with Crippen LogP contribution >= 0.6 is 39.3 Å². The Morgan fingerprint density at radius 3 is 2.75 bits per heavy atom. The van der Waals surface area contributed by atoms with Gasteiger partial charge in [-0.15, -0.1) is 0 Å². The number of aromatic nitrogens is 1. The first-order valence-corrected chi connectivity index (χ1v) is 6.48. The van der Waals surface area contributed by atoms with Gasteiger partial charge in [0.1, 0.15) is 0 Å². The van der Waals surface area contributed by atoms with E-state index in [0.717, 1.165) is 14.3 Å². The maximum atomic E-state index is 5.88. The first kappa shape index (κ1) is 11.8. The molecule has 0 saturated carbocycles. The molecule has 0 unspecified atom stereocenters. The minimum atomic E-state index is 0.675. The van der Waals surface area contributed by atoms with Gasteiger partial charge in [-0.25, -0.2) is 0 Å². The molecule has 5 heteroatoms. The SMILES string of the molecule is Nc1cnccc1Sc1ccc(Cl)cc1Br. The Bertz CT molecular complexity index is 519. The van der Waals surface area contributed by atoms with Crippen molar-refractivity contribution in [1.29, 1.82) is 0 Å². The van der Waals surface area contributed by atoms with Crippen LogP contribution < -0.4 is 5.73 Å².